The van der Waals surface area contributed by atoms with Crippen molar-refractivity contribution in [1.82, 2.24) is 4.98 Å². The lowest BCUT2D eigenvalue weighted by molar-refractivity contribution is -0.142. The van der Waals surface area contributed by atoms with Crippen molar-refractivity contribution in [2.24, 2.45) is 0 Å². The van der Waals surface area contributed by atoms with Crippen LogP contribution in [0.5, 0.6) is 0 Å². The third kappa shape index (κ3) is 3.36. The van der Waals surface area contributed by atoms with E-state index in [2.05, 4.69) is 20.9 Å². The minimum Gasteiger partial charge on any atom is -0.466 e. The van der Waals surface area contributed by atoms with Crippen molar-refractivity contribution < 1.29 is 18.3 Å². The summed E-state index contributed by atoms with van der Waals surface area (Å²) in [5, 5.41) is 0. The number of alkyl halides is 2. The number of pyridine rings is 1. The summed E-state index contributed by atoms with van der Waals surface area (Å²) in [6, 6.07) is 0. The average molecular weight is 309 g/mol. The summed E-state index contributed by atoms with van der Waals surface area (Å²) < 4.78 is 29.8. The monoisotopic (exact) mass is 308 g/mol. The molecule has 1 heterocycles. The first-order valence-corrected chi connectivity index (χ1v) is 5.63. The van der Waals surface area contributed by atoms with Crippen molar-refractivity contribution in [3.05, 3.63) is 21.9 Å². The van der Waals surface area contributed by atoms with E-state index in [9.17, 15) is 13.6 Å². The molecule has 0 amide bonds. The largest absolute Gasteiger partial charge is 0.466 e. The van der Waals surface area contributed by atoms with Gasteiger partial charge in [-0.25, -0.2) is 8.78 Å². The van der Waals surface area contributed by atoms with E-state index in [1.54, 1.807) is 6.92 Å². The van der Waals surface area contributed by atoms with Gasteiger partial charge in [0, 0.05) is 6.20 Å². The summed E-state index contributed by atoms with van der Waals surface area (Å²) in [7, 11) is 0. The molecule has 0 saturated carbocycles. The molecule has 2 N–H and O–H groups in total. The Kier molecular flexibility index (Phi) is 4.80. The van der Waals surface area contributed by atoms with Crippen LogP contribution in [-0.4, -0.2) is 17.6 Å². The molecule has 1 aromatic heterocycles. The van der Waals surface area contributed by atoms with Crippen LogP contribution >= 0.6 is 15.9 Å². The van der Waals surface area contributed by atoms with E-state index in [1.807, 2.05) is 0 Å². The van der Waals surface area contributed by atoms with Crippen LogP contribution in [0, 0.1) is 0 Å². The number of nitrogen functional groups attached to an aromatic ring is 1. The summed E-state index contributed by atoms with van der Waals surface area (Å²) >= 11 is 2.96. The maximum Gasteiger partial charge on any atom is 0.311 e. The Labute approximate surface area is 105 Å². The highest BCUT2D eigenvalue weighted by molar-refractivity contribution is 9.10. The molecular weight excluding hydrogens is 298 g/mol. The lowest BCUT2D eigenvalue weighted by Crippen LogP contribution is -2.11. The first-order chi connectivity index (χ1) is 7.97. The predicted octanol–water partition coefficient (Wildman–Crippen LogP) is 2.47. The Morgan fingerprint density at radius 2 is 2.29 bits per heavy atom. The SMILES string of the molecule is CCOC(=O)Cc1ncc(C(F)F)c(Br)c1N. The number of halogens is 3. The number of rotatable bonds is 4. The van der Waals surface area contributed by atoms with Crippen molar-refractivity contribution in [3.63, 3.8) is 0 Å². The lowest BCUT2D eigenvalue weighted by Gasteiger charge is -2.10. The van der Waals surface area contributed by atoms with Crippen LogP contribution in [0.15, 0.2) is 10.7 Å². The number of carbonyl (C=O) groups is 1. The van der Waals surface area contributed by atoms with Gasteiger partial charge in [0.2, 0.25) is 0 Å². The molecular formula is C10H11BrF2N2O2. The van der Waals surface area contributed by atoms with Crippen molar-refractivity contribution in [2.45, 2.75) is 19.8 Å². The van der Waals surface area contributed by atoms with E-state index in [4.69, 9.17) is 10.5 Å². The quantitative estimate of drug-likeness (QED) is 0.868. The number of aromatic nitrogens is 1. The van der Waals surface area contributed by atoms with Gasteiger partial charge in [-0.15, -0.1) is 0 Å². The molecule has 0 aliphatic carbocycles. The van der Waals surface area contributed by atoms with E-state index >= 15 is 0 Å². The first kappa shape index (κ1) is 13.8. The van der Waals surface area contributed by atoms with Gasteiger partial charge in [0.05, 0.1) is 34.4 Å². The minimum absolute atomic E-state index is 0.0378. The van der Waals surface area contributed by atoms with Gasteiger partial charge in [-0.2, -0.15) is 0 Å². The highest BCUT2D eigenvalue weighted by Crippen LogP contribution is 2.32. The second kappa shape index (κ2) is 5.90. The molecule has 7 heteroatoms. The molecule has 0 radical (unpaired) electrons. The number of hydrogen-bond donors (Lipinski definition) is 1. The molecule has 0 aliphatic rings. The molecule has 0 fully saturated rings. The Morgan fingerprint density at radius 3 is 2.82 bits per heavy atom. The normalized spacial score (nSPS) is 10.6. The van der Waals surface area contributed by atoms with Gasteiger partial charge in [0.25, 0.3) is 6.43 Å². The maximum absolute atomic E-state index is 12.5. The fourth-order valence-corrected chi connectivity index (χ4v) is 1.70. The number of esters is 1. The maximum atomic E-state index is 12.5. The van der Waals surface area contributed by atoms with E-state index < -0.39 is 12.4 Å². The van der Waals surface area contributed by atoms with E-state index in [-0.39, 0.29) is 34.4 Å². The molecule has 0 unspecified atom stereocenters. The fourth-order valence-electron chi connectivity index (χ4n) is 1.20. The van der Waals surface area contributed by atoms with Crippen LogP contribution in [0.25, 0.3) is 0 Å². The van der Waals surface area contributed by atoms with Crippen LogP contribution in [0.4, 0.5) is 14.5 Å². The Balaban J connectivity index is 2.96. The van der Waals surface area contributed by atoms with Gasteiger partial charge in [0.15, 0.2) is 0 Å². The number of ether oxygens (including phenoxy) is 1. The Hall–Kier alpha value is -1.24. The molecule has 17 heavy (non-hydrogen) atoms. The highest BCUT2D eigenvalue weighted by Gasteiger charge is 2.18. The molecule has 94 valence electrons. The average Bonchev–Trinajstić information content (AvgIpc) is 2.25. The predicted molar refractivity (Wildman–Crippen MR) is 61.6 cm³/mol. The van der Waals surface area contributed by atoms with Gasteiger partial charge in [-0.1, -0.05) is 0 Å². The third-order valence-electron chi connectivity index (χ3n) is 2.01. The molecule has 1 rings (SSSR count). The molecule has 0 aliphatic heterocycles. The van der Waals surface area contributed by atoms with E-state index in [0.29, 0.717) is 0 Å². The van der Waals surface area contributed by atoms with Gasteiger partial charge in [-0.3, -0.25) is 9.78 Å². The van der Waals surface area contributed by atoms with Crippen molar-refractivity contribution in [2.75, 3.05) is 12.3 Å². The van der Waals surface area contributed by atoms with Gasteiger partial charge in [-0.05, 0) is 22.9 Å². The third-order valence-corrected chi connectivity index (χ3v) is 2.90. The second-order valence-corrected chi connectivity index (χ2v) is 3.96. The number of carbonyl (C=O) groups excluding carboxylic acids is 1. The van der Waals surface area contributed by atoms with Crippen molar-refractivity contribution >= 4 is 27.6 Å². The van der Waals surface area contributed by atoms with Gasteiger partial charge >= 0.3 is 5.97 Å². The minimum atomic E-state index is -2.67. The molecule has 1 aromatic rings. The highest BCUT2D eigenvalue weighted by atomic mass is 79.9. The molecule has 0 atom stereocenters. The van der Waals surface area contributed by atoms with Crippen LogP contribution < -0.4 is 5.73 Å². The molecule has 0 spiro atoms. The zero-order valence-corrected chi connectivity index (χ0v) is 10.6. The van der Waals surface area contributed by atoms with Crippen molar-refractivity contribution in [3.8, 4) is 0 Å². The fraction of sp³-hybridized carbons (Fsp3) is 0.400. The Morgan fingerprint density at radius 1 is 1.65 bits per heavy atom. The van der Waals surface area contributed by atoms with Crippen LogP contribution in [0.3, 0.4) is 0 Å². The molecule has 4 nitrogen and oxygen atoms in total. The zero-order chi connectivity index (χ0) is 13.0. The summed E-state index contributed by atoms with van der Waals surface area (Å²) in [6.07, 6.45) is -1.81. The van der Waals surface area contributed by atoms with Gasteiger partial charge < -0.3 is 10.5 Å². The number of nitrogens with zero attached hydrogens (tertiary/aromatic N) is 1. The number of nitrogens with two attached hydrogens (primary N) is 1. The Bertz CT molecular complexity index is 427. The smallest absolute Gasteiger partial charge is 0.311 e. The zero-order valence-electron chi connectivity index (χ0n) is 9.04. The second-order valence-electron chi connectivity index (χ2n) is 3.17. The van der Waals surface area contributed by atoms with Crippen molar-refractivity contribution in [1.29, 1.82) is 0 Å². The molecule has 0 saturated heterocycles. The summed E-state index contributed by atoms with van der Waals surface area (Å²) in [5.74, 6) is -0.497. The van der Waals surface area contributed by atoms with E-state index in [1.165, 1.54) is 0 Å². The number of anilines is 1. The van der Waals surface area contributed by atoms with Crippen LogP contribution in [-0.2, 0) is 16.0 Å². The standard InChI is InChI=1S/C10H11BrF2N2O2/c1-2-17-7(16)3-6-9(14)8(11)5(4-15-6)10(12)13/h4,10H,2-3,14H2,1H3. The molecule has 0 aromatic carbocycles. The molecule has 0 bridgehead atoms. The summed E-state index contributed by atoms with van der Waals surface area (Å²) in [4.78, 5) is 15.0. The number of hydrogen-bond acceptors (Lipinski definition) is 4. The van der Waals surface area contributed by atoms with Gasteiger partial charge in [0.1, 0.15) is 0 Å². The van der Waals surface area contributed by atoms with Crippen LogP contribution in [0.2, 0.25) is 0 Å². The van der Waals surface area contributed by atoms with E-state index in [0.717, 1.165) is 6.20 Å². The summed E-state index contributed by atoms with van der Waals surface area (Å²) in [5.41, 5.74) is 5.58. The topological polar surface area (TPSA) is 65.2 Å². The van der Waals surface area contributed by atoms with Crippen LogP contribution in [0.1, 0.15) is 24.6 Å². The first-order valence-electron chi connectivity index (χ1n) is 4.83. The lowest BCUT2D eigenvalue weighted by atomic mass is 10.2. The summed E-state index contributed by atoms with van der Waals surface area (Å²) in [6.45, 7) is 1.92.